The van der Waals surface area contributed by atoms with Gasteiger partial charge in [-0.1, -0.05) is 0 Å². The summed E-state index contributed by atoms with van der Waals surface area (Å²) in [6.07, 6.45) is 1.47. The van der Waals surface area contributed by atoms with E-state index in [1.807, 2.05) is 0 Å². The Balaban J connectivity index is 1.37. The number of ether oxygens (including phenoxy) is 3. The summed E-state index contributed by atoms with van der Waals surface area (Å²) in [6.45, 7) is -0.604. The number of rotatable bonds is 10. The lowest BCUT2D eigenvalue weighted by molar-refractivity contribution is -0.387. The van der Waals surface area contributed by atoms with Crippen LogP contribution in [0, 0.1) is 10.1 Å². The van der Waals surface area contributed by atoms with Gasteiger partial charge in [-0.05, 0) is 42.1 Å². The smallest absolute Gasteiger partial charge is 0.338 e. The van der Waals surface area contributed by atoms with Crippen LogP contribution in [0.4, 0.5) is 10.8 Å². The van der Waals surface area contributed by atoms with Crippen molar-refractivity contribution in [2.75, 3.05) is 26.1 Å². The van der Waals surface area contributed by atoms with Gasteiger partial charge in [0.05, 0.1) is 35.3 Å². The fourth-order valence-electron chi connectivity index (χ4n) is 3.17. The molecule has 0 saturated heterocycles. The first-order valence-corrected chi connectivity index (χ1v) is 12.4. The number of thiazole rings is 1. The number of methoxy groups -OCH3 is 2. The van der Waals surface area contributed by atoms with Gasteiger partial charge in [0.25, 0.3) is 11.6 Å². The molecule has 2 aromatic carbocycles. The molecule has 0 aliphatic rings. The standard InChI is InChI=1S/C23H20N6O7S2/c1-28-12-24-27-23(28)38-19-7-5-14(8-16(19)29(32)33)21(31)36-10-20(30)26-22-25-15(11-37-22)13-4-6-17(34-2)18(9-13)35-3/h4-9,11-12H,10H2,1-3H3,(H,25,26,30). The predicted molar refractivity (Wildman–Crippen MR) is 138 cm³/mol. The zero-order valence-electron chi connectivity index (χ0n) is 20.2. The van der Waals surface area contributed by atoms with E-state index in [1.165, 1.54) is 44.0 Å². The zero-order valence-corrected chi connectivity index (χ0v) is 21.9. The lowest BCUT2D eigenvalue weighted by Crippen LogP contribution is -2.20. The van der Waals surface area contributed by atoms with Crippen molar-refractivity contribution in [2.45, 2.75) is 10.1 Å². The number of nitro groups is 1. The summed E-state index contributed by atoms with van der Waals surface area (Å²) < 4.78 is 17.2. The molecule has 15 heteroatoms. The molecule has 0 aliphatic carbocycles. The number of aromatic nitrogens is 4. The Labute approximate surface area is 223 Å². The molecule has 38 heavy (non-hydrogen) atoms. The largest absolute Gasteiger partial charge is 0.493 e. The summed E-state index contributed by atoms with van der Waals surface area (Å²) in [5.74, 6) is -0.388. The molecule has 0 bridgehead atoms. The van der Waals surface area contributed by atoms with Gasteiger partial charge < -0.3 is 18.8 Å². The van der Waals surface area contributed by atoms with Crippen LogP contribution in [-0.2, 0) is 16.6 Å². The van der Waals surface area contributed by atoms with Gasteiger partial charge in [-0.2, -0.15) is 0 Å². The molecule has 0 fully saturated rings. The molecule has 0 unspecified atom stereocenters. The first kappa shape index (κ1) is 26.6. The van der Waals surface area contributed by atoms with Crippen LogP contribution in [0.15, 0.2) is 58.2 Å². The van der Waals surface area contributed by atoms with Gasteiger partial charge in [0.2, 0.25) is 0 Å². The maximum Gasteiger partial charge on any atom is 0.338 e. The van der Waals surface area contributed by atoms with Crippen LogP contribution in [0.25, 0.3) is 11.3 Å². The topological polar surface area (TPSA) is 161 Å². The summed E-state index contributed by atoms with van der Waals surface area (Å²) >= 11 is 2.22. The van der Waals surface area contributed by atoms with Crippen molar-refractivity contribution in [3.8, 4) is 22.8 Å². The number of nitrogens with one attached hydrogen (secondary N) is 1. The SMILES string of the molecule is COc1ccc(-c2csc(NC(=O)COC(=O)c3ccc(Sc4nncn4C)c([N+](=O)[O-])c3)n2)cc1OC. The summed E-state index contributed by atoms with van der Waals surface area (Å²) in [5.41, 5.74) is 0.988. The molecule has 4 rings (SSSR count). The number of hydrogen-bond acceptors (Lipinski definition) is 12. The minimum absolute atomic E-state index is 0.0724. The summed E-state index contributed by atoms with van der Waals surface area (Å²) in [5, 5.41) is 24.3. The van der Waals surface area contributed by atoms with E-state index in [1.54, 1.807) is 35.2 Å². The molecule has 0 radical (unpaired) electrons. The number of benzene rings is 2. The highest BCUT2D eigenvalue weighted by atomic mass is 32.2. The molecule has 13 nitrogen and oxygen atoms in total. The van der Waals surface area contributed by atoms with Crippen molar-refractivity contribution in [2.24, 2.45) is 7.05 Å². The van der Waals surface area contributed by atoms with E-state index < -0.39 is 23.4 Å². The highest BCUT2D eigenvalue weighted by Gasteiger charge is 2.21. The maximum absolute atomic E-state index is 12.5. The lowest BCUT2D eigenvalue weighted by Gasteiger charge is -2.08. The number of esters is 1. The number of carbonyl (C=O) groups excluding carboxylic acids is 2. The molecular weight excluding hydrogens is 536 g/mol. The number of anilines is 1. The van der Waals surface area contributed by atoms with E-state index in [0.717, 1.165) is 23.4 Å². The van der Waals surface area contributed by atoms with Crippen LogP contribution < -0.4 is 14.8 Å². The van der Waals surface area contributed by atoms with E-state index in [-0.39, 0.29) is 16.1 Å². The van der Waals surface area contributed by atoms with Gasteiger partial charge in [0, 0.05) is 24.1 Å². The second-order valence-electron chi connectivity index (χ2n) is 7.50. The molecule has 0 spiro atoms. The molecule has 0 saturated carbocycles. The minimum Gasteiger partial charge on any atom is -0.493 e. The molecule has 2 aromatic heterocycles. The molecule has 1 amide bonds. The molecule has 4 aromatic rings. The second-order valence-corrected chi connectivity index (χ2v) is 9.37. The molecule has 1 N–H and O–H groups in total. The minimum atomic E-state index is -0.886. The fraction of sp³-hybridized carbons (Fsp3) is 0.174. The first-order chi connectivity index (χ1) is 18.3. The number of nitro benzene ring substituents is 1. The van der Waals surface area contributed by atoms with E-state index in [2.05, 4.69) is 20.5 Å². The molecular formula is C23H20N6O7S2. The van der Waals surface area contributed by atoms with Crippen LogP contribution in [0.1, 0.15) is 10.4 Å². The van der Waals surface area contributed by atoms with Crippen LogP contribution in [-0.4, -0.2) is 57.4 Å². The third kappa shape index (κ3) is 6.07. The van der Waals surface area contributed by atoms with Crippen LogP contribution >= 0.6 is 23.1 Å². The quantitative estimate of drug-likeness (QED) is 0.172. The number of hydrogen-bond donors (Lipinski definition) is 1. The van der Waals surface area contributed by atoms with Crippen molar-refractivity contribution in [3.05, 3.63) is 63.8 Å². The lowest BCUT2D eigenvalue weighted by atomic mass is 10.1. The van der Waals surface area contributed by atoms with Crippen molar-refractivity contribution >= 4 is 45.8 Å². The monoisotopic (exact) mass is 556 g/mol. The molecule has 0 atom stereocenters. The van der Waals surface area contributed by atoms with Crippen LogP contribution in [0.3, 0.4) is 0 Å². The Morgan fingerprint density at radius 3 is 2.63 bits per heavy atom. The van der Waals surface area contributed by atoms with Crippen molar-refractivity contribution in [1.29, 1.82) is 0 Å². The summed E-state index contributed by atoms with van der Waals surface area (Å²) in [4.78, 5) is 40.4. The Morgan fingerprint density at radius 1 is 1.16 bits per heavy atom. The van der Waals surface area contributed by atoms with Crippen LogP contribution in [0.5, 0.6) is 11.5 Å². The third-order valence-electron chi connectivity index (χ3n) is 5.03. The molecule has 2 heterocycles. The maximum atomic E-state index is 12.5. The fourth-order valence-corrected chi connectivity index (χ4v) is 4.75. The van der Waals surface area contributed by atoms with Crippen molar-refractivity contribution < 1.29 is 28.7 Å². The third-order valence-corrected chi connectivity index (χ3v) is 6.90. The predicted octanol–water partition coefficient (Wildman–Crippen LogP) is 3.81. The highest BCUT2D eigenvalue weighted by molar-refractivity contribution is 7.99. The van der Waals surface area contributed by atoms with Gasteiger partial charge in [-0.25, -0.2) is 9.78 Å². The number of carbonyl (C=O) groups is 2. The van der Waals surface area contributed by atoms with Gasteiger partial charge >= 0.3 is 5.97 Å². The normalized spacial score (nSPS) is 10.6. The van der Waals surface area contributed by atoms with Crippen molar-refractivity contribution in [1.82, 2.24) is 19.7 Å². The Morgan fingerprint density at radius 2 is 1.95 bits per heavy atom. The highest BCUT2D eigenvalue weighted by Crippen LogP contribution is 2.35. The summed E-state index contributed by atoms with van der Waals surface area (Å²) in [7, 11) is 4.77. The van der Waals surface area contributed by atoms with E-state index in [0.29, 0.717) is 27.5 Å². The zero-order chi connectivity index (χ0) is 27.2. The van der Waals surface area contributed by atoms with E-state index >= 15 is 0 Å². The van der Waals surface area contributed by atoms with Gasteiger partial charge in [0.15, 0.2) is 28.4 Å². The Kier molecular flexibility index (Phi) is 8.18. The van der Waals surface area contributed by atoms with Gasteiger partial charge in [-0.3, -0.25) is 20.2 Å². The van der Waals surface area contributed by atoms with Crippen molar-refractivity contribution in [3.63, 3.8) is 0 Å². The summed E-state index contributed by atoms with van der Waals surface area (Å²) in [6, 6.07) is 9.20. The number of nitrogens with zero attached hydrogens (tertiary/aromatic N) is 5. The first-order valence-electron chi connectivity index (χ1n) is 10.7. The average molecular weight is 557 g/mol. The number of amides is 1. The Hall–Kier alpha value is -4.50. The second kappa shape index (κ2) is 11.7. The van der Waals surface area contributed by atoms with E-state index in [9.17, 15) is 19.7 Å². The van der Waals surface area contributed by atoms with Gasteiger partial charge in [0.1, 0.15) is 6.33 Å². The molecule has 196 valence electrons. The van der Waals surface area contributed by atoms with Crippen LogP contribution in [0.2, 0.25) is 0 Å². The molecule has 0 aliphatic heterocycles. The Bertz CT molecular complexity index is 1500. The van der Waals surface area contributed by atoms with Gasteiger partial charge in [-0.15, -0.1) is 21.5 Å². The number of aryl methyl sites for hydroxylation is 1. The average Bonchev–Trinajstić information content (AvgIpc) is 3.55. The van der Waals surface area contributed by atoms with E-state index in [4.69, 9.17) is 14.2 Å².